The summed E-state index contributed by atoms with van der Waals surface area (Å²) < 4.78 is 10.7. The molecular formula is C24H28N4O2. The van der Waals surface area contributed by atoms with E-state index in [1.165, 1.54) is 11.1 Å². The average molecular weight is 405 g/mol. The molecule has 6 nitrogen and oxygen atoms in total. The Morgan fingerprint density at radius 2 is 1.43 bits per heavy atom. The van der Waals surface area contributed by atoms with Gasteiger partial charge in [-0.25, -0.2) is 4.99 Å². The van der Waals surface area contributed by atoms with Gasteiger partial charge in [-0.3, -0.25) is 0 Å². The number of guanidine groups is 1. The third-order valence-corrected chi connectivity index (χ3v) is 5.03. The van der Waals surface area contributed by atoms with Crippen LogP contribution in [-0.2, 0) is 0 Å². The number of nitrogens with two attached hydrogens (primary N) is 2. The lowest BCUT2D eigenvalue weighted by Crippen LogP contribution is -2.22. The molecule has 30 heavy (non-hydrogen) atoms. The van der Waals surface area contributed by atoms with Gasteiger partial charge in [0, 0.05) is 11.8 Å². The molecule has 0 saturated heterocycles. The second kappa shape index (κ2) is 8.78. The van der Waals surface area contributed by atoms with E-state index < -0.39 is 0 Å². The Morgan fingerprint density at radius 1 is 0.800 bits per heavy atom. The Bertz CT molecular complexity index is 1060. The van der Waals surface area contributed by atoms with Gasteiger partial charge in [0.1, 0.15) is 11.5 Å². The van der Waals surface area contributed by atoms with E-state index in [1.54, 1.807) is 14.2 Å². The van der Waals surface area contributed by atoms with E-state index in [1.807, 2.05) is 55.5 Å². The van der Waals surface area contributed by atoms with Crippen LogP contribution in [0.1, 0.15) is 16.7 Å². The van der Waals surface area contributed by atoms with E-state index in [2.05, 4.69) is 24.2 Å². The molecular weight excluding hydrogens is 376 g/mol. The first-order valence-electron chi connectivity index (χ1n) is 9.62. The Morgan fingerprint density at radius 3 is 2.00 bits per heavy atom. The third kappa shape index (κ3) is 4.66. The summed E-state index contributed by atoms with van der Waals surface area (Å²) in [6.45, 7) is 6.09. The number of hydrogen-bond acceptors (Lipinski definition) is 4. The van der Waals surface area contributed by atoms with E-state index in [9.17, 15) is 0 Å². The van der Waals surface area contributed by atoms with Gasteiger partial charge in [-0.1, -0.05) is 6.07 Å². The minimum absolute atomic E-state index is 0.281. The lowest BCUT2D eigenvalue weighted by atomic mass is 10.0. The molecule has 3 aromatic carbocycles. The molecule has 0 aliphatic carbocycles. The number of nitrogens with zero attached hydrogens (tertiary/aromatic N) is 1. The highest BCUT2D eigenvalue weighted by Crippen LogP contribution is 2.35. The number of anilines is 2. The number of nitrogens with one attached hydrogen (secondary N) is 1. The minimum atomic E-state index is 0.281. The maximum absolute atomic E-state index is 6.33. The maximum Gasteiger partial charge on any atom is 0.198 e. The molecule has 3 aromatic rings. The summed E-state index contributed by atoms with van der Waals surface area (Å²) in [5, 5.41) is 3.13. The van der Waals surface area contributed by atoms with E-state index >= 15 is 0 Å². The largest absolute Gasteiger partial charge is 0.497 e. The van der Waals surface area contributed by atoms with Crippen molar-refractivity contribution in [3.8, 4) is 22.6 Å². The molecule has 5 N–H and O–H groups in total. The van der Waals surface area contributed by atoms with Gasteiger partial charge < -0.3 is 26.3 Å². The zero-order chi connectivity index (χ0) is 21.8. The normalized spacial score (nSPS) is 11.3. The lowest BCUT2D eigenvalue weighted by Gasteiger charge is -2.13. The lowest BCUT2D eigenvalue weighted by molar-refractivity contribution is 0.394. The second-order valence-electron chi connectivity index (χ2n) is 7.25. The van der Waals surface area contributed by atoms with Crippen LogP contribution in [0.25, 0.3) is 11.1 Å². The predicted octanol–water partition coefficient (Wildman–Crippen LogP) is 4.94. The Balaban J connectivity index is 1.92. The molecule has 0 atom stereocenters. The molecule has 0 fully saturated rings. The smallest absolute Gasteiger partial charge is 0.198 e. The van der Waals surface area contributed by atoms with Crippen molar-refractivity contribution in [2.75, 3.05) is 25.3 Å². The van der Waals surface area contributed by atoms with E-state index in [0.717, 1.165) is 22.4 Å². The van der Waals surface area contributed by atoms with Crippen LogP contribution in [0.4, 0.5) is 17.1 Å². The molecule has 0 unspecified atom stereocenters. The van der Waals surface area contributed by atoms with Crippen LogP contribution in [0.2, 0.25) is 0 Å². The molecule has 0 heterocycles. The van der Waals surface area contributed by atoms with Gasteiger partial charge >= 0.3 is 0 Å². The van der Waals surface area contributed by atoms with Crippen molar-refractivity contribution >= 4 is 23.0 Å². The van der Waals surface area contributed by atoms with Gasteiger partial charge in [-0.15, -0.1) is 0 Å². The summed E-state index contributed by atoms with van der Waals surface area (Å²) in [5.74, 6) is 1.71. The summed E-state index contributed by atoms with van der Waals surface area (Å²) in [4.78, 5) is 4.52. The first-order valence-corrected chi connectivity index (χ1v) is 9.62. The van der Waals surface area contributed by atoms with Crippen LogP contribution >= 0.6 is 0 Å². The van der Waals surface area contributed by atoms with Gasteiger partial charge in [0.05, 0.1) is 25.6 Å². The summed E-state index contributed by atoms with van der Waals surface area (Å²) in [5.41, 5.74) is 19.7. The second-order valence-corrected chi connectivity index (χ2v) is 7.25. The van der Waals surface area contributed by atoms with Crippen LogP contribution in [0.3, 0.4) is 0 Å². The molecule has 0 bridgehead atoms. The number of hydrogen-bond donors (Lipinski definition) is 3. The zero-order valence-corrected chi connectivity index (χ0v) is 18.0. The number of nitrogen functional groups attached to an aromatic ring is 1. The van der Waals surface area contributed by atoms with Crippen LogP contribution in [0.15, 0.2) is 53.5 Å². The Hall–Kier alpha value is -3.67. The maximum atomic E-state index is 6.33. The molecule has 0 amide bonds. The third-order valence-electron chi connectivity index (χ3n) is 5.03. The number of aryl methyl sites for hydroxylation is 3. The van der Waals surface area contributed by atoms with Crippen molar-refractivity contribution in [1.82, 2.24) is 0 Å². The van der Waals surface area contributed by atoms with E-state index in [0.29, 0.717) is 22.9 Å². The van der Waals surface area contributed by atoms with Crippen molar-refractivity contribution in [2.24, 2.45) is 10.7 Å². The Labute approximate surface area is 177 Å². The van der Waals surface area contributed by atoms with Crippen molar-refractivity contribution in [2.45, 2.75) is 20.8 Å². The first-order chi connectivity index (χ1) is 14.3. The van der Waals surface area contributed by atoms with Crippen molar-refractivity contribution < 1.29 is 9.47 Å². The van der Waals surface area contributed by atoms with E-state index in [4.69, 9.17) is 20.9 Å². The standard InChI is InChI=1S/C24H28N4O2/c1-14-6-7-19(9-15(14)2)27-24(26)28-23-16(3)8-17(12-22(23)25)18-10-20(29-4)13-21(11-18)30-5/h6-13H,25H2,1-5H3,(H3,26,27,28). The molecule has 0 aromatic heterocycles. The minimum Gasteiger partial charge on any atom is -0.497 e. The highest BCUT2D eigenvalue weighted by atomic mass is 16.5. The molecule has 0 aliphatic heterocycles. The fourth-order valence-electron chi connectivity index (χ4n) is 3.22. The van der Waals surface area contributed by atoms with Crippen LogP contribution in [0.5, 0.6) is 11.5 Å². The van der Waals surface area contributed by atoms with Crippen LogP contribution in [-0.4, -0.2) is 20.2 Å². The summed E-state index contributed by atoms with van der Waals surface area (Å²) in [6.07, 6.45) is 0. The highest BCUT2D eigenvalue weighted by Gasteiger charge is 2.10. The highest BCUT2D eigenvalue weighted by molar-refractivity contribution is 5.95. The molecule has 6 heteroatoms. The van der Waals surface area contributed by atoms with Crippen LogP contribution < -0.4 is 26.3 Å². The average Bonchev–Trinajstić information content (AvgIpc) is 2.72. The number of ether oxygens (including phenoxy) is 2. The van der Waals surface area contributed by atoms with Gasteiger partial charge in [-0.05, 0) is 85.0 Å². The summed E-state index contributed by atoms with van der Waals surface area (Å²) >= 11 is 0. The van der Waals surface area contributed by atoms with Crippen molar-refractivity contribution in [1.29, 1.82) is 0 Å². The summed E-state index contributed by atoms with van der Waals surface area (Å²) in [7, 11) is 3.25. The SMILES string of the molecule is COc1cc(OC)cc(-c2cc(C)c(N=C(N)Nc3ccc(C)c(C)c3)c(N)c2)c1. The molecule has 3 rings (SSSR count). The van der Waals surface area contributed by atoms with Crippen LogP contribution in [0, 0.1) is 20.8 Å². The zero-order valence-electron chi connectivity index (χ0n) is 18.0. The van der Waals surface area contributed by atoms with E-state index in [-0.39, 0.29) is 5.96 Å². The monoisotopic (exact) mass is 404 g/mol. The number of rotatable bonds is 5. The van der Waals surface area contributed by atoms with Gasteiger partial charge in [0.15, 0.2) is 5.96 Å². The molecule has 0 radical (unpaired) electrons. The number of benzene rings is 3. The van der Waals surface area contributed by atoms with Gasteiger partial charge in [-0.2, -0.15) is 0 Å². The molecule has 0 spiro atoms. The molecule has 0 saturated carbocycles. The number of aliphatic imine (C=N–C) groups is 1. The number of methoxy groups -OCH3 is 2. The van der Waals surface area contributed by atoms with Crippen molar-refractivity contribution in [3.05, 3.63) is 65.2 Å². The van der Waals surface area contributed by atoms with Crippen molar-refractivity contribution in [3.63, 3.8) is 0 Å². The quantitative estimate of drug-likeness (QED) is 0.318. The summed E-state index contributed by atoms with van der Waals surface area (Å²) in [6, 6.07) is 15.7. The van der Waals surface area contributed by atoms with Gasteiger partial charge in [0.2, 0.25) is 0 Å². The molecule has 156 valence electrons. The fraction of sp³-hybridized carbons (Fsp3) is 0.208. The topological polar surface area (TPSA) is 94.9 Å². The predicted molar refractivity (Wildman–Crippen MR) is 125 cm³/mol. The van der Waals surface area contributed by atoms with Gasteiger partial charge in [0.25, 0.3) is 0 Å². The Kier molecular flexibility index (Phi) is 6.16. The first kappa shape index (κ1) is 21.0. The fourth-order valence-corrected chi connectivity index (χ4v) is 3.22. The molecule has 0 aliphatic rings.